The lowest BCUT2D eigenvalue weighted by Crippen LogP contribution is -2.07. The first-order valence-corrected chi connectivity index (χ1v) is 7.79. The highest BCUT2D eigenvalue weighted by atomic mass is 79.9. The van der Waals surface area contributed by atoms with Crippen LogP contribution in [0.25, 0.3) is 0 Å². The lowest BCUT2D eigenvalue weighted by atomic mass is 10.1. The van der Waals surface area contributed by atoms with Gasteiger partial charge >= 0.3 is 0 Å². The van der Waals surface area contributed by atoms with Crippen molar-refractivity contribution in [3.05, 3.63) is 44.1 Å². The molecule has 0 aliphatic heterocycles. The molecule has 102 valence electrons. The summed E-state index contributed by atoms with van der Waals surface area (Å²) < 4.78 is 6.31. The molecule has 1 aromatic carbocycles. The van der Waals surface area contributed by atoms with Gasteiger partial charge in [-0.05, 0) is 60.5 Å². The normalized spacial score (nSPS) is 12.3. The Balaban J connectivity index is 2.23. The first-order chi connectivity index (χ1) is 9.01. The number of aryl methyl sites for hydroxylation is 2. The van der Waals surface area contributed by atoms with Crippen molar-refractivity contribution in [3.8, 4) is 5.75 Å². The SMILES string of the molecule is COc1ccc(Br)c(NC(C)c2cc(C)sc2C)c1. The highest BCUT2D eigenvalue weighted by Crippen LogP contribution is 2.33. The Morgan fingerprint density at radius 2 is 2.00 bits per heavy atom. The molecule has 2 aromatic rings. The van der Waals surface area contributed by atoms with E-state index in [1.807, 2.05) is 29.5 Å². The van der Waals surface area contributed by atoms with E-state index in [0.717, 1.165) is 15.9 Å². The average Bonchev–Trinajstić information content (AvgIpc) is 2.71. The fourth-order valence-electron chi connectivity index (χ4n) is 2.13. The number of halogens is 1. The summed E-state index contributed by atoms with van der Waals surface area (Å²) in [6, 6.07) is 8.48. The molecule has 0 fully saturated rings. The summed E-state index contributed by atoms with van der Waals surface area (Å²) in [6.45, 7) is 6.50. The first kappa shape index (κ1) is 14.4. The number of methoxy groups -OCH3 is 1. The number of hydrogen-bond donors (Lipinski definition) is 1. The highest BCUT2D eigenvalue weighted by Gasteiger charge is 2.12. The number of rotatable bonds is 4. The molecule has 0 aliphatic rings. The van der Waals surface area contributed by atoms with Crippen LogP contribution in [0, 0.1) is 13.8 Å². The zero-order valence-corrected chi connectivity index (χ0v) is 14.0. The van der Waals surface area contributed by atoms with E-state index >= 15 is 0 Å². The topological polar surface area (TPSA) is 21.3 Å². The summed E-state index contributed by atoms with van der Waals surface area (Å²) in [5.41, 5.74) is 2.41. The predicted octanol–water partition coefficient (Wildman–Crippen LogP) is 5.31. The summed E-state index contributed by atoms with van der Waals surface area (Å²) in [5, 5.41) is 3.54. The fourth-order valence-corrected chi connectivity index (χ4v) is 3.52. The van der Waals surface area contributed by atoms with Gasteiger partial charge in [-0.3, -0.25) is 0 Å². The van der Waals surface area contributed by atoms with Crippen molar-refractivity contribution in [2.75, 3.05) is 12.4 Å². The van der Waals surface area contributed by atoms with Crippen LogP contribution in [0.5, 0.6) is 5.75 Å². The number of anilines is 1. The number of benzene rings is 1. The molecule has 0 saturated heterocycles. The molecule has 0 spiro atoms. The van der Waals surface area contributed by atoms with E-state index in [-0.39, 0.29) is 6.04 Å². The molecule has 1 heterocycles. The van der Waals surface area contributed by atoms with Crippen LogP contribution in [-0.4, -0.2) is 7.11 Å². The summed E-state index contributed by atoms with van der Waals surface area (Å²) in [4.78, 5) is 2.72. The van der Waals surface area contributed by atoms with Gasteiger partial charge in [0.15, 0.2) is 0 Å². The second kappa shape index (κ2) is 5.97. The number of hydrogen-bond acceptors (Lipinski definition) is 3. The van der Waals surface area contributed by atoms with Gasteiger partial charge in [-0.15, -0.1) is 11.3 Å². The zero-order valence-electron chi connectivity index (χ0n) is 11.6. The Kier molecular flexibility index (Phi) is 4.53. The van der Waals surface area contributed by atoms with Crippen LogP contribution >= 0.6 is 27.3 Å². The van der Waals surface area contributed by atoms with Crippen molar-refractivity contribution in [1.82, 2.24) is 0 Å². The standard InChI is InChI=1S/C15H18BrNOS/c1-9-7-13(11(3)19-9)10(2)17-15-8-12(18-4)5-6-14(15)16/h5-8,10,17H,1-4H3. The van der Waals surface area contributed by atoms with Gasteiger partial charge in [0.25, 0.3) is 0 Å². The van der Waals surface area contributed by atoms with Crippen LogP contribution in [0.4, 0.5) is 5.69 Å². The summed E-state index contributed by atoms with van der Waals surface area (Å²) in [7, 11) is 1.68. The van der Waals surface area contributed by atoms with Crippen molar-refractivity contribution in [1.29, 1.82) is 0 Å². The highest BCUT2D eigenvalue weighted by molar-refractivity contribution is 9.10. The Bertz CT molecular complexity index is 580. The molecule has 19 heavy (non-hydrogen) atoms. The molecule has 0 amide bonds. The summed E-state index contributed by atoms with van der Waals surface area (Å²) >= 11 is 5.41. The molecule has 1 N–H and O–H groups in total. The summed E-state index contributed by atoms with van der Waals surface area (Å²) in [6.07, 6.45) is 0. The minimum absolute atomic E-state index is 0.272. The maximum Gasteiger partial charge on any atom is 0.121 e. The molecule has 1 aromatic heterocycles. The summed E-state index contributed by atoms with van der Waals surface area (Å²) in [5.74, 6) is 0.858. The largest absolute Gasteiger partial charge is 0.497 e. The molecule has 1 atom stereocenters. The van der Waals surface area contributed by atoms with Gasteiger partial charge in [-0.2, -0.15) is 0 Å². The van der Waals surface area contributed by atoms with E-state index in [2.05, 4.69) is 48.1 Å². The third kappa shape index (κ3) is 3.31. The second-order valence-corrected chi connectivity index (χ2v) is 6.90. The minimum atomic E-state index is 0.272. The third-order valence-electron chi connectivity index (χ3n) is 3.09. The van der Waals surface area contributed by atoms with Crippen LogP contribution in [-0.2, 0) is 0 Å². The van der Waals surface area contributed by atoms with Gasteiger partial charge in [0.1, 0.15) is 5.75 Å². The molecular formula is C15H18BrNOS. The van der Waals surface area contributed by atoms with Crippen LogP contribution < -0.4 is 10.1 Å². The van der Waals surface area contributed by atoms with Crippen molar-refractivity contribution in [2.45, 2.75) is 26.8 Å². The van der Waals surface area contributed by atoms with E-state index in [1.54, 1.807) is 7.11 Å². The Hall–Kier alpha value is -1.00. The Morgan fingerprint density at radius 1 is 1.26 bits per heavy atom. The van der Waals surface area contributed by atoms with Gasteiger partial charge in [0.05, 0.1) is 12.8 Å². The molecule has 0 radical (unpaired) electrons. The predicted molar refractivity (Wildman–Crippen MR) is 86.5 cm³/mol. The molecule has 0 bridgehead atoms. The quantitative estimate of drug-likeness (QED) is 0.814. The van der Waals surface area contributed by atoms with Gasteiger partial charge in [0.2, 0.25) is 0 Å². The van der Waals surface area contributed by atoms with Crippen molar-refractivity contribution in [3.63, 3.8) is 0 Å². The van der Waals surface area contributed by atoms with Gasteiger partial charge in [-0.25, -0.2) is 0 Å². The number of ether oxygens (including phenoxy) is 1. The molecule has 1 unspecified atom stereocenters. The van der Waals surface area contributed by atoms with Crippen molar-refractivity contribution < 1.29 is 4.74 Å². The van der Waals surface area contributed by atoms with Crippen LogP contribution in [0.15, 0.2) is 28.7 Å². The third-order valence-corrected chi connectivity index (χ3v) is 4.76. The molecule has 0 aliphatic carbocycles. The maximum atomic E-state index is 5.27. The first-order valence-electron chi connectivity index (χ1n) is 6.18. The lowest BCUT2D eigenvalue weighted by molar-refractivity contribution is 0.415. The molecule has 2 rings (SSSR count). The maximum absolute atomic E-state index is 5.27. The van der Waals surface area contributed by atoms with E-state index in [0.29, 0.717) is 0 Å². The lowest BCUT2D eigenvalue weighted by Gasteiger charge is -2.17. The zero-order chi connectivity index (χ0) is 14.0. The van der Waals surface area contributed by atoms with Crippen LogP contribution in [0.1, 0.15) is 28.3 Å². The van der Waals surface area contributed by atoms with E-state index in [9.17, 15) is 0 Å². The van der Waals surface area contributed by atoms with Gasteiger partial charge in [0, 0.05) is 26.3 Å². The fraction of sp³-hybridized carbons (Fsp3) is 0.333. The smallest absolute Gasteiger partial charge is 0.121 e. The van der Waals surface area contributed by atoms with Gasteiger partial charge < -0.3 is 10.1 Å². The van der Waals surface area contributed by atoms with Crippen LogP contribution in [0.2, 0.25) is 0 Å². The number of thiophene rings is 1. The minimum Gasteiger partial charge on any atom is -0.497 e. The number of nitrogens with one attached hydrogen (secondary N) is 1. The van der Waals surface area contributed by atoms with E-state index in [4.69, 9.17) is 4.74 Å². The molecular weight excluding hydrogens is 322 g/mol. The van der Waals surface area contributed by atoms with Crippen LogP contribution in [0.3, 0.4) is 0 Å². The molecule has 0 saturated carbocycles. The van der Waals surface area contributed by atoms with Crippen molar-refractivity contribution in [2.24, 2.45) is 0 Å². The van der Waals surface area contributed by atoms with E-state index in [1.165, 1.54) is 15.3 Å². The van der Waals surface area contributed by atoms with E-state index < -0.39 is 0 Å². The Morgan fingerprint density at radius 3 is 2.58 bits per heavy atom. The monoisotopic (exact) mass is 339 g/mol. The molecule has 2 nitrogen and oxygen atoms in total. The average molecular weight is 340 g/mol. The Labute approximate surface area is 126 Å². The van der Waals surface area contributed by atoms with Crippen molar-refractivity contribution >= 4 is 33.0 Å². The molecule has 4 heteroatoms. The second-order valence-electron chi connectivity index (χ2n) is 4.58. The van der Waals surface area contributed by atoms with Gasteiger partial charge in [-0.1, -0.05) is 0 Å².